The van der Waals surface area contributed by atoms with Gasteiger partial charge in [-0.1, -0.05) is 48.5 Å². The van der Waals surface area contributed by atoms with E-state index in [9.17, 15) is 4.79 Å². The van der Waals surface area contributed by atoms with Gasteiger partial charge in [0.1, 0.15) is 5.82 Å². The normalized spacial score (nSPS) is 12.2. The summed E-state index contributed by atoms with van der Waals surface area (Å²) < 4.78 is 0. The Labute approximate surface area is 146 Å². The first-order valence-electron chi connectivity index (χ1n) is 8.16. The van der Waals surface area contributed by atoms with Gasteiger partial charge in [-0.2, -0.15) is 0 Å². The molecule has 1 heterocycles. The molecule has 1 aromatic heterocycles. The number of hydrogen-bond acceptors (Lipinski definition) is 3. The zero-order valence-electron chi connectivity index (χ0n) is 13.8. The van der Waals surface area contributed by atoms with Crippen LogP contribution in [0, 0.1) is 0 Å². The Morgan fingerprint density at radius 1 is 0.920 bits per heavy atom. The molecule has 0 fully saturated rings. The summed E-state index contributed by atoms with van der Waals surface area (Å²) in [7, 11) is 1.77. The maximum Gasteiger partial charge on any atom is 0.320 e. The molecule has 2 aromatic carbocycles. The van der Waals surface area contributed by atoms with Gasteiger partial charge >= 0.3 is 6.03 Å². The lowest BCUT2D eigenvalue weighted by molar-refractivity contribution is 0.250. The lowest BCUT2D eigenvalue weighted by Gasteiger charge is -2.17. The average Bonchev–Trinajstić information content (AvgIpc) is 2.96. The van der Waals surface area contributed by atoms with Crippen molar-refractivity contribution < 1.29 is 4.79 Å². The summed E-state index contributed by atoms with van der Waals surface area (Å²) >= 11 is 0. The van der Waals surface area contributed by atoms with E-state index in [1.165, 1.54) is 11.1 Å². The number of fused-ring (bicyclic) bond motifs is 3. The quantitative estimate of drug-likeness (QED) is 0.680. The molecule has 0 aliphatic heterocycles. The number of rotatable bonds is 3. The van der Waals surface area contributed by atoms with E-state index in [2.05, 4.69) is 45.2 Å². The molecule has 124 valence electrons. The van der Waals surface area contributed by atoms with E-state index in [4.69, 9.17) is 0 Å². The lowest BCUT2D eigenvalue weighted by Crippen LogP contribution is -2.32. The molecule has 2 amide bonds. The summed E-state index contributed by atoms with van der Waals surface area (Å²) in [5.41, 5.74) is 5.20. The molecule has 5 nitrogen and oxygen atoms in total. The van der Waals surface area contributed by atoms with Crippen molar-refractivity contribution in [2.75, 3.05) is 17.7 Å². The SMILES string of the molecule is CNc1ncccc1NC(=O)NC1c2ccccc2-c2ccccc21. The molecule has 0 atom stereocenters. The van der Waals surface area contributed by atoms with E-state index in [1.807, 2.05) is 30.3 Å². The predicted octanol–water partition coefficient (Wildman–Crippen LogP) is 4.01. The molecule has 3 N–H and O–H groups in total. The van der Waals surface area contributed by atoms with Crippen LogP contribution in [0.3, 0.4) is 0 Å². The van der Waals surface area contributed by atoms with Crippen LogP contribution in [0.1, 0.15) is 17.2 Å². The van der Waals surface area contributed by atoms with E-state index >= 15 is 0 Å². The van der Waals surface area contributed by atoms with Crippen LogP contribution in [0.15, 0.2) is 66.9 Å². The standard InChI is InChI=1S/C20H18N4O/c1-21-19-17(11-6-12-22-19)23-20(25)24-18-15-9-4-2-7-13(15)14-8-3-5-10-16(14)18/h2-12,18H,1H3,(H,21,22)(H2,23,24,25). The summed E-state index contributed by atoms with van der Waals surface area (Å²) in [4.78, 5) is 16.8. The highest BCUT2D eigenvalue weighted by atomic mass is 16.2. The summed E-state index contributed by atoms with van der Waals surface area (Å²) in [6.45, 7) is 0. The van der Waals surface area contributed by atoms with Crippen LogP contribution < -0.4 is 16.0 Å². The maximum atomic E-state index is 12.6. The van der Waals surface area contributed by atoms with Gasteiger partial charge in [-0.25, -0.2) is 9.78 Å². The number of hydrogen-bond donors (Lipinski definition) is 3. The van der Waals surface area contributed by atoms with Gasteiger partial charge in [-0.15, -0.1) is 0 Å². The zero-order chi connectivity index (χ0) is 17.2. The second kappa shape index (κ2) is 6.28. The van der Waals surface area contributed by atoms with E-state index in [0.29, 0.717) is 11.5 Å². The molecule has 0 spiro atoms. The van der Waals surface area contributed by atoms with Crippen LogP contribution in [0.5, 0.6) is 0 Å². The largest absolute Gasteiger partial charge is 0.371 e. The summed E-state index contributed by atoms with van der Waals surface area (Å²) in [6, 6.07) is 19.5. The van der Waals surface area contributed by atoms with Gasteiger partial charge < -0.3 is 16.0 Å². The minimum atomic E-state index is -0.263. The van der Waals surface area contributed by atoms with Gasteiger partial charge in [-0.3, -0.25) is 0 Å². The number of anilines is 2. The molecule has 0 radical (unpaired) electrons. The number of amides is 2. The van der Waals surface area contributed by atoms with Crippen LogP contribution in [0.25, 0.3) is 11.1 Å². The number of nitrogens with one attached hydrogen (secondary N) is 3. The highest BCUT2D eigenvalue weighted by Crippen LogP contribution is 2.42. The molecule has 1 aliphatic rings. The first-order chi connectivity index (χ1) is 12.3. The third kappa shape index (κ3) is 2.70. The monoisotopic (exact) mass is 330 g/mol. The predicted molar refractivity (Wildman–Crippen MR) is 99.7 cm³/mol. The van der Waals surface area contributed by atoms with Crippen molar-refractivity contribution in [3.63, 3.8) is 0 Å². The zero-order valence-corrected chi connectivity index (χ0v) is 13.8. The molecule has 0 bridgehead atoms. The summed E-state index contributed by atoms with van der Waals surface area (Å²) in [5, 5.41) is 8.93. The highest BCUT2D eigenvalue weighted by Gasteiger charge is 2.29. The summed E-state index contributed by atoms with van der Waals surface area (Å²) in [6.07, 6.45) is 1.68. The molecule has 4 rings (SSSR count). The third-order valence-corrected chi connectivity index (χ3v) is 4.40. The number of benzene rings is 2. The van der Waals surface area contributed by atoms with Gasteiger partial charge in [0.15, 0.2) is 0 Å². The fourth-order valence-electron chi connectivity index (χ4n) is 3.31. The number of carbonyl (C=O) groups excluding carboxylic acids is 1. The van der Waals surface area contributed by atoms with E-state index < -0.39 is 0 Å². The molecule has 25 heavy (non-hydrogen) atoms. The van der Waals surface area contributed by atoms with Crippen LogP contribution in [0.2, 0.25) is 0 Å². The minimum absolute atomic E-state index is 0.165. The molecule has 5 heteroatoms. The second-order valence-electron chi connectivity index (χ2n) is 5.86. The fourth-order valence-corrected chi connectivity index (χ4v) is 3.31. The maximum absolute atomic E-state index is 12.6. The summed E-state index contributed by atoms with van der Waals surface area (Å²) in [5.74, 6) is 0.630. The first kappa shape index (κ1) is 15.2. The van der Waals surface area contributed by atoms with Crippen molar-refractivity contribution >= 4 is 17.5 Å². The Morgan fingerprint density at radius 3 is 2.20 bits per heavy atom. The fraction of sp³-hybridized carbons (Fsp3) is 0.100. The molecule has 0 saturated carbocycles. The number of urea groups is 1. The Kier molecular flexibility index (Phi) is 3.82. The number of pyridine rings is 1. The van der Waals surface area contributed by atoms with Gasteiger partial charge in [0, 0.05) is 13.2 Å². The topological polar surface area (TPSA) is 66.0 Å². The lowest BCUT2D eigenvalue weighted by atomic mass is 10.1. The molecular formula is C20H18N4O. The molecule has 1 aliphatic carbocycles. The second-order valence-corrected chi connectivity index (χ2v) is 5.86. The molecule has 0 saturated heterocycles. The van der Waals surface area contributed by atoms with Gasteiger partial charge in [0.2, 0.25) is 0 Å². The average molecular weight is 330 g/mol. The van der Waals surface area contributed by atoms with Gasteiger partial charge in [0.05, 0.1) is 11.7 Å². The Morgan fingerprint density at radius 2 is 1.56 bits per heavy atom. The Bertz CT molecular complexity index is 893. The van der Waals surface area contributed by atoms with Crippen LogP contribution in [-0.4, -0.2) is 18.1 Å². The van der Waals surface area contributed by atoms with E-state index in [-0.39, 0.29) is 12.1 Å². The van der Waals surface area contributed by atoms with Crippen molar-refractivity contribution in [3.8, 4) is 11.1 Å². The van der Waals surface area contributed by atoms with Crippen molar-refractivity contribution in [2.45, 2.75) is 6.04 Å². The third-order valence-electron chi connectivity index (χ3n) is 4.40. The minimum Gasteiger partial charge on any atom is -0.371 e. The van der Waals surface area contributed by atoms with Crippen molar-refractivity contribution in [1.82, 2.24) is 10.3 Å². The molecule has 0 unspecified atom stereocenters. The Balaban J connectivity index is 1.61. The molecule has 3 aromatic rings. The highest BCUT2D eigenvalue weighted by molar-refractivity contribution is 5.93. The van der Waals surface area contributed by atoms with Gasteiger partial charge in [-0.05, 0) is 34.4 Å². The first-order valence-corrected chi connectivity index (χ1v) is 8.16. The van der Waals surface area contributed by atoms with Gasteiger partial charge in [0.25, 0.3) is 0 Å². The number of carbonyl (C=O) groups is 1. The van der Waals surface area contributed by atoms with Crippen LogP contribution in [0.4, 0.5) is 16.3 Å². The van der Waals surface area contributed by atoms with E-state index in [0.717, 1.165) is 11.1 Å². The van der Waals surface area contributed by atoms with Crippen molar-refractivity contribution in [1.29, 1.82) is 0 Å². The van der Waals surface area contributed by atoms with Crippen molar-refractivity contribution in [2.24, 2.45) is 0 Å². The van der Waals surface area contributed by atoms with Crippen LogP contribution >= 0.6 is 0 Å². The molecular weight excluding hydrogens is 312 g/mol. The smallest absolute Gasteiger partial charge is 0.320 e. The Hall–Kier alpha value is -3.34. The van der Waals surface area contributed by atoms with Crippen molar-refractivity contribution in [3.05, 3.63) is 78.0 Å². The number of aromatic nitrogens is 1. The van der Waals surface area contributed by atoms with Crippen LogP contribution in [-0.2, 0) is 0 Å². The van der Waals surface area contributed by atoms with E-state index in [1.54, 1.807) is 19.3 Å². The number of nitrogens with zero attached hydrogens (tertiary/aromatic N) is 1.